The van der Waals surface area contributed by atoms with Crippen molar-refractivity contribution in [2.24, 2.45) is 5.73 Å². The molecular weight excluding hydrogens is 268 g/mol. The van der Waals surface area contributed by atoms with Crippen molar-refractivity contribution in [3.8, 4) is 5.75 Å². The van der Waals surface area contributed by atoms with Gasteiger partial charge < -0.3 is 15.8 Å². The molecule has 0 bridgehead atoms. The zero-order valence-electron chi connectivity index (χ0n) is 12.1. The second-order valence-electron chi connectivity index (χ2n) is 4.47. The van der Waals surface area contributed by atoms with E-state index in [0.717, 1.165) is 11.3 Å². The van der Waals surface area contributed by atoms with E-state index in [-0.39, 0.29) is 0 Å². The van der Waals surface area contributed by atoms with Crippen LogP contribution in [-0.4, -0.2) is 23.0 Å². The second-order valence-corrected chi connectivity index (χ2v) is 4.47. The molecule has 0 saturated carbocycles. The molecule has 2 aromatic rings. The van der Waals surface area contributed by atoms with Gasteiger partial charge in [-0.05, 0) is 17.7 Å². The molecule has 0 spiro atoms. The number of methoxy groups -OCH3 is 1. The van der Waals surface area contributed by atoms with Crippen molar-refractivity contribution in [2.45, 2.75) is 19.9 Å². The minimum absolute atomic E-state index is 0.292. The lowest BCUT2D eigenvalue weighted by molar-refractivity contribution is 0.100. The van der Waals surface area contributed by atoms with Gasteiger partial charge >= 0.3 is 0 Å². The molecule has 0 aliphatic heterocycles. The largest absolute Gasteiger partial charge is 0.497 e. The topological polar surface area (TPSA) is 90.1 Å². The standard InChI is InChI=1S/C15H18N4O2/c1-3-13-17-9-12(14(16)20)15(19-13)18-8-10-4-6-11(21-2)7-5-10/h4-7,9H,3,8H2,1-2H3,(H2,16,20)(H,17,18,19). The van der Waals surface area contributed by atoms with E-state index in [2.05, 4.69) is 15.3 Å². The van der Waals surface area contributed by atoms with Crippen molar-refractivity contribution < 1.29 is 9.53 Å². The summed E-state index contributed by atoms with van der Waals surface area (Å²) in [6.45, 7) is 2.48. The third kappa shape index (κ3) is 3.68. The number of ether oxygens (including phenoxy) is 1. The number of hydrogen-bond donors (Lipinski definition) is 2. The molecule has 6 heteroatoms. The Bertz CT molecular complexity index is 626. The molecule has 0 fully saturated rings. The molecule has 21 heavy (non-hydrogen) atoms. The minimum Gasteiger partial charge on any atom is -0.497 e. The van der Waals surface area contributed by atoms with Crippen LogP contribution < -0.4 is 15.8 Å². The Hall–Kier alpha value is -2.63. The Morgan fingerprint density at radius 1 is 1.33 bits per heavy atom. The normalized spacial score (nSPS) is 10.2. The summed E-state index contributed by atoms with van der Waals surface area (Å²) in [6, 6.07) is 7.64. The summed E-state index contributed by atoms with van der Waals surface area (Å²) in [6.07, 6.45) is 2.15. The summed E-state index contributed by atoms with van der Waals surface area (Å²) in [5.41, 5.74) is 6.67. The summed E-state index contributed by atoms with van der Waals surface area (Å²) >= 11 is 0. The highest BCUT2D eigenvalue weighted by atomic mass is 16.5. The van der Waals surface area contributed by atoms with Gasteiger partial charge in [-0.25, -0.2) is 9.97 Å². The van der Waals surface area contributed by atoms with E-state index in [1.54, 1.807) is 7.11 Å². The number of nitrogens with two attached hydrogens (primary N) is 1. The summed E-state index contributed by atoms with van der Waals surface area (Å²) in [5.74, 6) is 1.38. The summed E-state index contributed by atoms with van der Waals surface area (Å²) < 4.78 is 5.11. The second kappa shape index (κ2) is 6.69. The molecule has 1 amide bonds. The highest BCUT2D eigenvalue weighted by Gasteiger charge is 2.11. The van der Waals surface area contributed by atoms with Crippen molar-refractivity contribution in [1.82, 2.24) is 9.97 Å². The number of nitrogens with zero attached hydrogens (tertiary/aromatic N) is 2. The van der Waals surface area contributed by atoms with Crippen LogP contribution in [0.5, 0.6) is 5.75 Å². The molecule has 6 nitrogen and oxygen atoms in total. The molecule has 0 aliphatic carbocycles. The zero-order chi connectivity index (χ0) is 15.2. The Balaban J connectivity index is 2.15. The zero-order valence-corrected chi connectivity index (χ0v) is 12.1. The number of carbonyl (C=O) groups excluding carboxylic acids is 1. The van der Waals surface area contributed by atoms with Gasteiger partial charge in [-0.2, -0.15) is 0 Å². The number of hydrogen-bond acceptors (Lipinski definition) is 5. The molecule has 3 N–H and O–H groups in total. The number of rotatable bonds is 6. The van der Waals surface area contributed by atoms with Gasteiger partial charge in [0.1, 0.15) is 17.4 Å². The fourth-order valence-electron chi connectivity index (χ4n) is 1.83. The Kier molecular flexibility index (Phi) is 4.71. The number of anilines is 1. The SMILES string of the molecule is CCc1ncc(C(N)=O)c(NCc2ccc(OC)cc2)n1. The Morgan fingerprint density at radius 2 is 2.05 bits per heavy atom. The monoisotopic (exact) mass is 286 g/mol. The molecule has 1 heterocycles. The lowest BCUT2D eigenvalue weighted by atomic mass is 10.2. The van der Waals surface area contributed by atoms with Crippen LogP contribution >= 0.6 is 0 Å². The number of aromatic nitrogens is 2. The van der Waals surface area contributed by atoms with Crippen molar-refractivity contribution in [2.75, 3.05) is 12.4 Å². The van der Waals surface area contributed by atoms with Gasteiger partial charge in [0.25, 0.3) is 5.91 Å². The van der Waals surface area contributed by atoms with Gasteiger partial charge in [-0.1, -0.05) is 19.1 Å². The maximum atomic E-state index is 11.4. The number of benzene rings is 1. The average molecular weight is 286 g/mol. The van der Waals surface area contributed by atoms with E-state index in [9.17, 15) is 4.79 Å². The van der Waals surface area contributed by atoms with Gasteiger partial charge in [0.2, 0.25) is 0 Å². The van der Waals surface area contributed by atoms with E-state index in [1.165, 1.54) is 6.20 Å². The molecule has 2 rings (SSSR count). The van der Waals surface area contributed by atoms with Crippen LogP contribution in [0.2, 0.25) is 0 Å². The highest BCUT2D eigenvalue weighted by Crippen LogP contribution is 2.15. The first-order valence-electron chi connectivity index (χ1n) is 6.66. The molecular formula is C15H18N4O2. The quantitative estimate of drug-likeness (QED) is 0.844. The predicted molar refractivity (Wildman–Crippen MR) is 80.2 cm³/mol. The summed E-state index contributed by atoms with van der Waals surface area (Å²) in [4.78, 5) is 19.8. The van der Waals surface area contributed by atoms with E-state index < -0.39 is 5.91 Å². The van der Waals surface area contributed by atoms with E-state index in [4.69, 9.17) is 10.5 Å². The fraction of sp³-hybridized carbons (Fsp3) is 0.267. The first kappa shape index (κ1) is 14.8. The first-order chi connectivity index (χ1) is 10.1. The predicted octanol–water partition coefficient (Wildman–Crippen LogP) is 1.76. The van der Waals surface area contributed by atoms with Crippen LogP contribution in [0.25, 0.3) is 0 Å². The summed E-state index contributed by atoms with van der Waals surface area (Å²) in [7, 11) is 1.62. The molecule has 0 atom stereocenters. The van der Waals surface area contributed by atoms with Crippen molar-refractivity contribution in [1.29, 1.82) is 0 Å². The molecule has 0 unspecified atom stereocenters. The fourth-order valence-corrected chi connectivity index (χ4v) is 1.83. The van der Waals surface area contributed by atoms with Crippen molar-refractivity contribution in [3.05, 3.63) is 47.4 Å². The van der Waals surface area contributed by atoms with Crippen molar-refractivity contribution in [3.63, 3.8) is 0 Å². The molecule has 0 saturated heterocycles. The van der Waals surface area contributed by atoms with E-state index >= 15 is 0 Å². The maximum absolute atomic E-state index is 11.4. The van der Waals surface area contributed by atoms with Gasteiger partial charge in [0.05, 0.1) is 12.7 Å². The van der Waals surface area contributed by atoms with Crippen LogP contribution in [-0.2, 0) is 13.0 Å². The number of nitrogens with one attached hydrogen (secondary N) is 1. The molecule has 1 aromatic heterocycles. The van der Waals surface area contributed by atoms with E-state index in [1.807, 2.05) is 31.2 Å². The Labute approximate surface area is 123 Å². The lowest BCUT2D eigenvalue weighted by Crippen LogP contribution is -2.17. The molecule has 110 valence electrons. The third-order valence-corrected chi connectivity index (χ3v) is 3.04. The molecule has 1 aromatic carbocycles. The van der Waals surface area contributed by atoms with E-state index in [0.29, 0.717) is 30.2 Å². The highest BCUT2D eigenvalue weighted by molar-refractivity contribution is 5.97. The number of amides is 1. The molecule has 0 radical (unpaired) electrons. The summed E-state index contributed by atoms with van der Waals surface area (Å²) in [5, 5.41) is 3.13. The smallest absolute Gasteiger partial charge is 0.254 e. The van der Waals surface area contributed by atoms with Crippen molar-refractivity contribution >= 4 is 11.7 Å². The van der Waals surface area contributed by atoms with Gasteiger partial charge in [-0.3, -0.25) is 4.79 Å². The maximum Gasteiger partial charge on any atom is 0.254 e. The van der Waals surface area contributed by atoms with Crippen LogP contribution in [0.15, 0.2) is 30.5 Å². The first-order valence-corrected chi connectivity index (χ1v) is 6.66. The molecule has 0 aliphatic rings. The van der Waals surface area contributed by atoms with Gasteiger partial charge in [0.15, 0.2) is 0 Å². The van der Waals surface area contributed by atoms with Gasteiger partial charge in [-0.15, -0.1) is 0 Å². The minimum atomic E-state index is -0.546. The van der Waals surface area contributed by atoms with Crippen LogP contribution in [0.4, 0.5) is 5.82 Å². The Morgan fingerprint density at radius 3 is 2.62 bits per heavy atom. The lowest BCUT2D eigenvalue weighted by Gasteiger charge is -2.10. The van der Waals surface area contributed by atoms with Crippen LogP contribution in [0.3, 0.4) is 0 Å². The number of carbonyl (C=O) groups is 1. The third-order valence-electron chi connectivity index (χ3n) is 3.04. The van der Waals surface area contributed by atoms with Crippen LogP contribution in [0, 0.1) is 0 Å². The van der Waals surface area contributed by atoms with Crippen LogP contribution in [0.1, 0.15) is 28.7 Å². The average Bonchev–Trinajstić information content (AvgIpc) is 2.52. The number of aryl methyl sites for hydroxylation is 1. The number of primary amides is 1. The van der Waals surface area contributed by atoms with Gasteiger partial charge in [0, 0.05) is 19.2 Å².